The topological polar surface area (TPSA) is 39.2 Å². The molecule has 0 aliphatic heterocycles. The number of halogens is 2. The number of aromatic nitrogens is 1. The van der Waals surface area contributed by atoms with E-state index in [2.05, 4.69) is 36.8 Å². The number of nitrogens with zero attached hydrogens (tertiary/aromatic N) is 1. The van der Waals surface area contributed by atoms with Crippen LogP contribution in [-0.2, 0) is 9.53 Å². The summed E-state index contributed by atoms with van der Waals surface area (Å²) in [5.74, 6) is -0.298. The summed E-state index contributed by atoms with van der Waals surface area (Å²) >= 11 is 8.04. The molecule has 14 heavy (non-hydrogen) atoms. The van der Waals surface area contributed by atoms with Gasteiger partial charge in [0, 0.05) is 4.88 Å². The van der Waals surface area contributed by atoms with Crippen LogP contribution in [0.1, 0.15) is 22.3 Å². The van der Waals surface area contributed by atoms with Crippen molar-refractivity contribution in [1.29, 1.82) is 0 Å². The summed E-state index contributed by atoms with van der Waals surface area (Å²) < 4.78 is 5.66. The van der Waals surface area contributed by atoms with E-state index in [1.54, 1.807) is 6.92 Å². The van der Waals surface area contributed by atoms with Crippen LogP contribution in [0.25, 0.3) is 0 Å². The maximum Gasteiger partial charge on any atom is 0.325 e. The molecule has 1 heterocycles. The van der Waals surface area contributed by atoms with Gasteiger partial charge in [0.15, 0.2) is 8.74 Å². The lowest BCUT2D eigenvalue weighted by atomic mass is 10.3. The summed E-state index contributed by atoms with van der Waals surface area (Å²) in [4.78, 5) is 16.1. The lowest BCUT2D eigenvalue weighted by Gasteiger charge is -2.06. The fourth-order valence-electron chi connectivity index (χ4n) is 0.937. The highest BCUT2D eigenvalue weighted by atomic mass is 79.9. The van der Waals surface area contributed by atoms with Crippen LogP contribution in [0, 0.1) is 6.92 Å². The van der Waals surface area contributed by atoms with Crippen molar-refractivity contribution in [2.75, 3.05) is 6.61 Å². The first-order valence-corrected chi connectivity index (χ1v) is 6.52. The molecule has 1 aromatic rings. The van der Waals surface area contributed by atoms with E-state index in [0.717, 1.165) is 14.5 Å². The zero-order valence-corrected chi connectivity index (χ0v) is 11.7. The van der Waals surface area contributed by atoms with Crippen molar-refractivity contribution in [1.82, 2.24) is 4.98 Å². The van der Waals surface area contributed by atoms with Gasteiger partial charge in [-0.3, -0.25) is 4.79 Å². The molecule has 0 unspecified atom stereocenters. The molecule has 0 radical (unpaired) electrons. The zero-order valence-electron chi connectivity index (χ0n) is 7.71. The summed E-state index contributed by atoms with van der Waals surface area (Å²) in [7, 11) is 0. The van der Waals surface area contributed by atoms with Crippen molar-refractivity contribution in [3.8, 4) is 0 Å². The number of esters is 1. The highest BCUT2D eigenvalue weighted by molar-refractivity contribution is 9.11. The first-order valence-electron chi connectivity index (χ1n) is 3.99. The van der Waals surface area contributed by atoms with Crippen LogP contribution in [0.5, 0.6) is 0 Å². The van der Waals surface area contributed by atoms with Gasteiger partial charge in [-0.1, -0.05) is 15.9 Å². The van der Waals surface area contributed by atoms with Crippen molar-refractivity contribution in [2.45, 2.75) is 18.7 Å². The molecule has 0 fully saturated rings. The molecule has 0 saturated carbocycles. The van der Waals surface area contributed by atoms with Crippen LogP contribution in [0.4, 0.5) is 0 Å². The van der Waals surface area contributed by atoms with Gasteiger partial charge in [-0.25, -0.2) is 4.98 Å². The zero-order chi connectivity index (χ0) is 10.7. The lowest BCUT2D eigenvalue weighted by Crippen LogP contribution is -2.11. The predicted molar refractivity (Wildman–Crippen MR) is 62.9 cm³/mol. The van der Waals surface area contributed by atoms with Gasteiger partial charge >= 0.3 is 5.97 Å². The number of thiazole rings is 1. The number of carbonyl (C=O) groups excluding carboxylic acids is 1. The molecule has 0 amide bonds. The SMILES string of the molecule is CCOC(=O)[C@H](Br)c1nc(Br)sc1C. The predicted octanol–water partition coefficient (Wildman–Crippen LogP) is 3.21. The second kappa shape index (κ2) is 5.23. The molecule has 1 rings (SSSR count). The van der Waals surface area contributed by atoms with Crippen LogP contribution in [-0.4, -0.2) is 17.6 Å². The van der Waals surface area contributed by atoms with Gasteiger partial charge in [0.1, 0.15) is 0 Å². The van der Waals surface area contributed by atoms with E-state index in [-0.39, 0.29) is 5.97 Å². The van der Waals surface area contributed by atoms with E-state index in [9.17, 15) is 4.79 Å². The maximum atomic E-state index is 11.4. The number of rotatable bonds is 3. The number of alkyl halides is 1. The van der Waals surface area contributed by atoms with Crippen molar-refractivity contribution in [3.63, 3.8) is 0 Å². The Morgan fingerprint density at radius 3 is 2.79 bits per heavy atom. The highest BCUT2D eigenvalue weighted by Gasteiger charge is 2.23. The average Bonchev–Trinajstić information content (AvgIpc) is 2.44. The second-order valence-electron chi connectivity index (χ2n) is 2.52. The van der Waals surface area contributed by atoms with E-state index in [4.69, 9.17) is 4.74 Å². The molecule has 0 bridgehead atoms. The standard InChI is InChI=1S/C8H9Br2NO2S/c1-3-13-7(12)5(9)6-4(2)14-8(10)11-6/h5H,3H2,1-2H3/t5-/m1/s1. The highest BCUT2D eigenvalue weighted by Crippen LogP contribution is 2.31. The molecule has 0 N–H and O–H groups in total. The van der Waals surface area contributed by atoms with E-state index in [1.807, 2.05) is 6.92 Å². The molecule has 3 nitrogen and oxygen atoms in total. The number of hydrogen-bond donors (Lipinski definition) is 0. The van der Waals surface area contributed by atoms with Crippen molar-refractivity contribution in [2.24, 2.45) is 0 Å². The Morgan fingerprint density at radius 1 is 1.71 bits per heavy atom. The Labute approximate surface area is 103 Å². The Kier molecular flexibility index (Phi) is 4.53. The molecule has 0 saturated heterocycles. The molecule has 0 aliphatic rings. The largest absolute Gasteiger partial charge is 0.465 e. The number of carbonyl (C=O) groups is 1. The van der Waals surface area contributed by atoms with E-state index >= 15 is 0 Å². The summed E-state index contributed by atoms with van der Waals surface area (Å²) in [6.45, 7) is 4.08. The summed E-state index contributed by atoms with van der Waals surface area (Å²) in [6.07, 6.45) is 0. The molecule has 0 aromatic carbocycles. The molecule has 0 spiro atoms. The Morgan fingerprint density at radius 2 is 2.36 bits per heavy atom. The summed E-state index contributed by atoms with van der Waals surface area (Å²) in [6, 6.07) is 0. The summed E-state index contributed by atoms with van der Waals surface area (Å²) in [5, 5.41) is 0. The molecule has 1 aromatic heterocycles. The van der Waals surface area contributed by atoms with Crippen LogP contribution in [0.2, 0.25) is 0 Å². The third-order valence-electron chi connectivity index (χ3n) is 1.54. The van der Waals surface area contributed by atoms with Crippen LogP contribution in [0.15, 0.2) is 3.92 Å². The Balaban J connectivity index is 2.83. The summed E-state index contributed by atoms with van der Waals surface area (Å²) in [5.41, 5.74) is 0.723. The van der Waals surface area contributed by atoms with Crippen LogP contribution < -0.4 is 0 Å². The van der Waals surface area contributed by atoms with Gasteiger partial charge < -0.3 is 4.74 Å². The van der Waals surface area contributed by atoms with Gasteiger partial charge in [0.25, 0.3) is 0 Å². The molecular weight excluding hydrogens is 334 g/mol. The van der Waals surface area contributed by atoms with E-state index < -0.39 is 4.83 Å². The lowest BCUT2D eigenvalue weighted by molar-refractivity contribution is -0.142. The van der Waals surface area contributed by atoms with Gasteiger partial charge in [-0.05, 0) is 29.8 Å². The van der Waals surface area contributed by atoms with Crippen LogP contribution in [0.3, 0.4) is 0 Å². The number of aryl methyl sites for hydroxylation is 1. The average molecular weight is 343 g/mol. The van der Waals surface area contributed by atoms with Gasteiger partial charge in [0.2, 0.25) is 0 Å². The van der Waals surface area contributed by atoms with E-state index in [1.165, 1.54) is 11.3 Å². The van der Waals surface area contributed by atoms with Crippen LogP contribution >= 0.6 is 43.2 Å². The number of ether oxygens (including phenoxy) is 1. The van der Waals surface area contributed by atoms with Crippen molar-refractivity contribution < 1.29 is 9.53 Å². The molecule has 1 atom stereocenters. The fraction of sp³-hybridized carbons (Fsp3) is 0.500. The minimum Gasteiger partial charge on any atom is -0.465 e. The van der Waals surface area contributed by atoms with Gasteiger partial charge in [0.05, 0.1) is 12.3 Å². The molecular formula is C8H9Br2NO2S. The first kappa shape index (κ1) is 12.1. The Hall–Kier alpha value is 0.0600. The normalized spacial score (nSPS) is 12.6. The smallest absolute Gasteiger partial charge is 0.325 e. The Bertz CT molecular complexity index is 340. The minimum atomic E-state index is -0.468. The van der Waals surface area contributed by atoms with Gasteiger partial charge in [-0.2, -0.15) is 0 Å². The third kappa shape index (κ3) is 2.77. The monoisotopic (exact) mass is 341 g/mol. The molecule has 6 heteroatoms. The third-order valence-corrected chi connectivity index (χ3v) is 3.79. The quantitative estimate of drug-likeness (QED) is 0.625. The minimum absolute atomic E-state index is 0.298. The van der Waals surface area contributed by atoms with Gasteiger partial charge in [-0.15, -0.1) is 11.3 Å². The first-order chi connectivity index (χ1) is 6.56. The van der Waals surface area contributed by atoms with Crippen molar-refractivity contribution >= 4 is 49.2 Å². The molecule has 78 valence electrons. The van der Waals surface area contributed by atoms with E-state index in [0.29, 0.717) is 6.61 Å². The molecule has 0 aliphatic carbocycles. The van der Waals surface area contributed by atoms with Crippen molar-refractivity contribution in [3.05, 3.63) is 14.5 Å². The second-order valence-corrected chi connectivity index (χ2v) is 5.92. The maximum absolute atomic E-state index is 11.4. The fourth-order valence-corrected chi connectivity index (χ4v) is 3.25. The number of hydrogen-bond acceptors (Lipinski definition) is 4.